The van der Waals surface area contributed by atoms with Crippen LogP contribution in [0.4, 0.5) is 23.0 Å². The molecule has 36 heavy (non-hydrogen) atoms. The third-order valence-electron chi connectivity index (χ3n) is 6.25. The molecule has 0 spiro atoms. The number of carbonyl (C=O) groups excluding carboxylic acids is 1. The highest BCUT2D eigenvalue weighted by Gasteiger charge is 2.15. The molecule has 0 atom stereocenters. The van der Waals surface area contributed by atoms with Crippen molar-refractivity contribution in [1.29, 1.82) is 0 Å². The lowest BCUT2D eigenvalue weighted by molar-refractivity contribution is -0.111. The number of ether oxygens (including phenoxy) is 1. The van der Waals surface area contributed by atoms with Crippen molar-refractivity contribution < 1.29 is 9.53 Å². The largest absolute Gasteiger partial charge is 0.494 e. The first-order valence-corrected chi connectivity index (χ1v) is 12.0. The fourth-order valence-corrected chi connectivity index (χ4v) is 4.42. The Morgan fingerprint density at radius 1 is 1.08 bits per heavy atom. The number of hydrogen-bond acceptors (Lipinski definition) is 7. The third-order valence-corrected chi connectivity index (χ3v) is 6.25. The van der Waals surface area contributed by atoms with Gasteiger partial charge in [-0.05, 0) is 49.6 Å². The second-order valence-electron chi connectivity index (χ2n) is 8.62. The van der Waals surface area contributed by atoms with Gasteiger partial charge in [-0.1, -0.05) is 24.8 Å². The van der Waals surface area contributed by atoms with Crippen LogP contribution in [-0.2, 0) is 4.79 Å². The Balaban J connectivity index is 1.46. The number of piperidine rings is 1. The van der Waals surface area contributed by atoms with Crippen LogP contribution < -0.4 is 20.3 Å². The number of carbonyl (C=O) groups is 1. The molecule has 1 aliphatic rings. The number of methoxy groups -OCH3 is 1. The summed E-state index contributed by atoms with van der Waals surface area (Å²) in [5.41, 5.74) is 4.86. The minimum atomic E-state index is -0.279. The van der Waals surface area contributed by atoms with E-state index in [0.29, 0.717) is 17.3 Å². The van der Waals surface area contributed by atoms with Crippen LogP contribution in [0.1, 0.15) is 19.3 Å². The van der Waals surface area contributed by atoms with Crippen molar-refractivity contribution in [2.45, 2.75) is 19.3 Å². The van der Waals surface area contributed by atoms with E-state index in [1.54, 1.807) is 25.6 Å². The van der Waals surface area contributed by atoms with Crippen molar-refractivity contribution in [2.75, 3.05) is 35.7 Å². The van der Waals surface area contributed by atoms with E-state index >= 15 is 0 Å². The molecule has 182 valence electrons. The molecule has 1 amide bonds. The maximum absolute atomic E-state index is 11.7. The molecule has 8 nitrogen and oxygen atoms in total. The lowest BCUT2D eigenvalue weighted by Gasteiger charge is -2.29. The number of anilines is 4. The molecule has 0 radical (unpaired) electrons. The molecule has 2 N–H and O–H groups in total. The molecular weight excluding hydrogens is 452 g/mol. The number of para-hydroxylation sites is 1. The Labute approximate surface area is 210 Å². The smallest absolute Gasteiger partial charge is 0.247 e. The zero-order valence-electron chi connectivity index (χ0n) is 20.2. The van der Waals surface area contributed by atoms with Gasteiger partial charge in [0.25, 0.3) is 0 Å². The van der Waals surface area contributed by atoms with E-state index in [-0.39, 0.29) is 5.91 Å². The van der Waals surface area contributed by atoms with Crippen LogP contribution in [0, 0.1) is 0 Å². The SMILES string of the molecule is C=CC(=O)Nc1ccnc(-c2cccc3cnc(Nc4ccc(N5CCCCC5)cc4OC)nc23)c1. The number of benzene rings is 2. The quantitative estimate of drug-likeness (QED) is 0.335. The van der Waals surface area contributed by atoms with Crippen molar-refractivity contribution in [1.82, 2.24) is 15.0 Å². The molecule has 1 aliphatic heterocycles. The first kappa shape index (κ1) is 23.3. The first-order valence-electron chi connectivity index (χ1n) is 12.0. The Bertz CT molecular complexity index is 1410. The molecule has 1 saturated heterocycles. The first-order chi connectivity index (χ1) is 17.6. The molecule has 0 bridgehead atoms. The van der Waals surface area contributed by atoms with Gasteiger partial charge < -0.3 is 20.3 Å². The molecule has 4 aromatic rings. The zero-order chi connectivity index (χ0) is 24.9. The Kier molecular flexibility index (Phi) is 6.75. The summed E-state index contributed by atoms with van der Waals surface area (Å²) < 4.78 is 5.69. The highest BCUT2D eigenvalue weighted by molar-refractivity contribution is 5.99. The van der Waals surface area contributed by atoms with Crippen LogP contribution >= 0.6 is 0 Å². The number of rotatable bonds is 7. The van der Waals surface area contributed by atoms with Gasteiger partial charge in [0.2, 0.25) is 11.9 Å². The summed E-state index contributed by atoms with van der Waals surface area (Å²) in [5, 5.41) is 6.97. The molecule has 8 heteroatoms. The molecule has 1 fully saturated rings. The average Bonchev–Trinajstić information content (AvgIpc) is 2.93. The van der Waals surface area contributed by atoms with Gasteiger partial charge in [-0.25, -0.2) is 9.97 Å². The summed E-state index contributed by atoms with van der Waals surface area (Å²) in [7, 11) is 1.67. The normalized spacial score (nSPS) is 13.3. The van der Waals surface area contributed by atoms with Crippen LogP contribution in [0.25, 0.3) is 22.2 Å². The second-order valence-corrected chi connectivity index (χ2v) is 8.62. The maximum Gasteiger partial charge on any atom is 0.247 e. The molecular formula is C28H28N6O2. The van der Waals surface area contributed by atoms with Gasteiger partial charge in [-0.15, -0.1) is 0 Å². The average molecular weight is 481 g/mol. The van der Waals surface area contributed by atoms with E-state index in [1.807, 2.05) is 30.3 Å². The number of aromatic nitrogens is 3. The maximum atomic E-state index is 11.7. The van der Waals surface area contributed by atoms with Crippen LogP contribution in [0.3, 0.4) is 0 Å². The van der Waals surface area contributed by atoms with E-state index in [2.05, 4.69) is 44.2 Å². The van der Waals surface area contributed by atoms with Crippen molar-refractivity contribution in [3.05, 3.63) is 73.6 Å². The zero-order valence-corrected chi connectivity index (χ0v) is 20.2. The van der Waals surface area contributed by atoms with Gasteiger partial charge in [-0.2, -0.15) is 0 Å². The van der Waals surface area contributed by atoms with E-state index in [1.165, 1.54) is 25.3 Å². The molecule has 0 unspecified atom stereocenters. The van der Waals surface area contributed by atoms with Crippen LogP contribution in [0.2, 0.25) is 0 Å². The van der Waals surface area contributed by atoms with E-state index < -0.39 is 0 Å². The fourth-order valence-electron chi connectivity index (χ4n) is 4.42. The van der Waals surface area contributed by atoms with Gasteiger partial charge in [0.1, 0.15) is 5.75 Å². The van der Waals surface area contributed by atoms with Crippen molar-refractivity contribution >= 4 is 39.8 Å². The molecule has 3 heterocycles. The molecule has 2 aromatic carbocycles. The summed E-state index contributed by atoms with van der Waals surface area (Å²) in [5.74, 6) is 0.914. The summed E-state index contributed by atoms with van der Waals surface area (Å²) >= 11 is 0. The lowest BCUT2D eigenvalue weighted by atomic mass is 10.1. The second kappa shape index (κ2) is 10.4. The topological polar surface area (TPSA) is 92.3 Å². The van der Waals surface area contributed by atoms with Gasteiger partial charge in [-0.3, -0.25) is 9.78 Å². The summed E-state index contributed by atoms with van der Waals surface area (Å²) in [4.78, 5) is 28.0. The van der Waals surface area contributed by atoms with Crippen LogP contribution in [0.15, 0.2) is 73.6 Å². The number of pyridine rings is 1. The minimum absolute atomic E-state index is 0.279. The summed E-state index contributed by atoms with van der Waals surface area (Å²) in [6.45, 7) is 5.64. The summed E-state index contributed by atoms with van der Waals surface area (Å²) in [6.07, 6.45) is 8.39. The fraction of sp³-hybridized carbons (Fsp3) is 0.214. The van der Waals surface area contributed by atoms with E-state index in [0.717, 1.165) is 46.7 Å². The number of fused-ring (bicyclic) bond motifs is 1. The number of amides is 1. The Morgan fingerprint density at radius 3 is 2.75 bits per heavy atom. The van der Waals surface area contributed by atoms with Crippen LogP contribution in [-0.4, -0.2) is 41.1 Å². The van der Waals surface area contributed by atoms with Gasteiger partial charge >= 0.3 is 0 Å². The van der Waals surface area contributed by atoms with Gasteiger partial charge in [0, 0.05) is 53.9 Å². The predicted molar refractivity (Wildman–Crippen MR) is 144 cm³/mol. The molecule has 0 saturated carbocycles. The Morgan fingerprint density at radius 2 is 1.94 bits per heavy atom. The number of hydrogen-bond donors (Lipinski definition) is 2. The molecule has 0 aliphatic carbocycles. The van der Waals surface area contributed by atoms with Gasteiger partial charge in [0.05, 0.1) is 24.0 Å². The van der Waals surface area contributed by atoms with Crippen molar-refractivity contribution in [2.24, 2.45) is 0 Å². The van der Waals surface area contributed by atoms with E-state index in [4.69, 9.17) is 9.72 Å². The van der Waals surface area contributed by atoms with Gasteiger partial charge in [0.15, 0.2) is 0 Å². The predicted octanol–water partition coefficient (Wildman–Crippen LogP) is 5.56. The number of nitrogens with zero attached hydrogens (tertiary/aromatic N) is 4. The van der Waals surface area contributed by atoms with Crippen molar-refractivity contribution in [3.8, 4) is 17.0 Å². The Hall–Kier alpha value is -4.46. The molecule has 2 aromatic heterocycles. The highest BCUT2D eigenvalue weighted by Crippen LogP contribution is 2.33. The third kappa shape index (κ3) is 4.98. The monoisotopic (exact) mass is 480 g/mol. The summed E-state index contributed by atoms with van der Waals surface area (Å²) in [6, 6.07) is 15.6. The standard InChI is InChI=1S/C28H28N6O2/c1-3-26(35)31-20-12-13-29-24(16-20)22-9-7-8-19-18-30-28(33-27(19)22)32-23-11-10-21(17-25(23)36-2)34-14-5-4-6-15-34/h3,7-13,16-18H,1,4-6,14-15H2,2H3,(H,29,31,35)(H,30,32,33). The number of nitrogens with one attached hydrogen (secondary N) is 2. The molecule has 5 rings (SSSR count). The van der Waals surface area contributed by atoms with Crippen LogP contribution in [0.5, 0.6) is 5.75 Å². The van der Waals surface area contributed by atoms with Crippen molar-refractivity contribution in [3.63, 3.8) is 0 Å². The lowest BCUT2D eigenvalue weighted by Crippen LogP contribution is -2.29. The minimum Gasteiger partial charge on any atom is -0.494 e. The highest BCUT2D eigenvalue weighted by atomic mass is 16.5. The van der Waals surface area contributed by atoms with E-state index in [9.17, 15) is 4.79 Å².